The number of rotatable bonds is 6. The Bertz CT molecular complexity index is 692. The van der Waals surface area contributed by atoms with Crippen LogP contribution in [0.2, 0.25) is 0 Å². The Morgan fingerprint density at radius 1 is 1.22 bits per heavy atom. The SMILES string of the molecule is CCOC(=O)COC(=O)c1cc(C)n(Cc2ccccn2)c1C. The number of hydrogen-bond donors (Lipinski definition) is 0. The van der Waals surface area contributed by atoms with Crippen molar-refractivity contribution < 1.29 is 19.1 Å². The third-order valence-corrected chi connectivity index (χ3v) is 3.47. The van der Waals surface area contributed by atoms with Gasteiger partial charge in [0.25, 0.3) is 0 Å². The first-order valence-corrected chi connectivity index (χ1v) is 7.42. The van der Waals surface area contributed by atoms with E-state index in [0.717, 1.165) is 17.1 Å². The molecule has 0 bridgehead atoms. The molecule has 2 aromatic rings. The van der Waals surface area contributed by atoms with E-state index in [4.69, 9.17) is 9.47 Å². The lowest BCUT2D eigenvalue weighted by Gasteiger charge is -2.09. The van der Waals surface area contributed by atoms with Crippen LogP contribution in [0.4, 0.5) is 0 Å². The van der Waals surface area contributed by atoms with Gasteiger partial charge in [-0.05, 0) is 39.0 Å². The molecule has 0 aliphatic rings. The summed E-state index contributed by atoms with van der Waals surface area (Å²) in [7, 11) is 0. The fraction of sp³-hybridized carbons (Fsp3) is 0.353. The number of aryl methyl sites for hydroxylation is 1. The molecule has 0 aliphatic heterocycles. The molecule has 2 heterocycles. The summed E-state index contributed by atoms with van der Waals surface area (Å²) in [6, 6.07) is 7.46. The minimum Gasteiger partial charge on any atom is -0.463 e. The van der Waals surface area contributed by atoms with Crippen molar-refractivity contribution in [3.8, 4) is 0 Å². The van der Waals surface area contributed by atoms with Crippen LogP contribution in [0.25, 0.3) is 0 Å². The molecule has 0 radical (unpaired) electrons. The van der Waals surface area contributed by atoms with Gasteiger partial charge in [0.05, 0.1) is 24.4 Å². The summed E-state index contributed by atoms with van der Waals surface area (Å²) in [4.78, 5) is 27.7. The van der Waals surface area contributed by atoms with Gasteiger partial charge in [-0.2, -0.15) is 0 Å². The van der Waals surface area contributed by atoms with E-state index in [0.29, 0.717) is 12.1 Å². The quantitative estimate of drug-likeness (QED) is 0.765. The second-order valence-corrected chi connectivity index (χ2v) is 5.07. The van der Waals surface area contributed by atoms with Crippen molar-refractivity contribution in [3.63, 3.8) is 0 Å². The predicted octanol–water partition coefficient (Wildman–Crippen LogP) is 2.27. The van der Waals surface area contributed by atoms with Crippen LogP contribution in [0.1, 0.15) is 34.4 Å². The maximum Gasteiger partial charge on any atom is 0.344 e. The van der Waals surface area contributed by atoms with E-state index in [1.165, 1.54) is 0 Å². The molecule has 0 aliphatic carbocycles. The summed E-state index contributed by atoms with van der Waals surface area (Å²) >= 11 is 0. The van der Waals surface area contributed by atoms with Crippen LogP contribution in [-0.4, -0.2) is 34.7 Å². The van der Waals surface area contributed by atoms with Crippen LogP contribution in [0.3, 0.4) is 0 Å². The van der Waals surface area contributed by atoms with Gasteiger partial charge in [0, 0.05) is 17.6 Å². The third-order valence-electron chi connectivity index (χ3n) is 3.47. The van der Waals surface area contributed by atoms with Gasteiger partial charge in [-0.1, -0.05) is 6.07 Å². The van der Waals surface area contributed by atoms with Crippen molar-refractivity contribution >= 4 is 11.9 Å². The number of ether oxygens (including phenoxy) is 2. The first-order valence-electron chi connectivity index (χ1n) is 7.42. The number of esters is 2. The first-order chi connectivity index (χ1) is 11.0. The highest BCUT2D eigenvalue weighted by molar-refractivity contribution is 5.92. The average Bonchev–Trinajstić information content (AvgIpc) is 2.82. The minimum atomic E-state index is -0.553. The van der Waals surface area contributed by atoms with Gasteiger partial charge in [-0.25, -0.2) is 9.59 Å². The molecule has 2 aromatic heterocycles. The van der Waals surface area contributed by atoms with Gasteiger partial charge in [0.1, 0.15) is 0 Å². The van der Waals surface area contributed by atoms with Gasteiger partial charge < -0.3 is 14.0 Å². The van der Waals surface area contributed by atoms with Crippen molar-refractivity contribution in [2.45, 2.75) is 27.3 Å². The summed E-state index contributed by atoms with van der Waals surface area (Å²) in [5.74, 6) is -1.08. The summed E-state index contributed by atoms with van der Waals surface area (Å²) in [5.41, 5.74) is 3.06. The molecular formula is C17H20N2O4. The van der Waals surface area contributed by atoms with Gasteiger partial charge in [-0.3, -0.25) is 4.98 Å². The van der Waals surface area contributed by atoms with Crippen molar-refractivity contribution in [3.05, 3.63) is 53.1 Å². The lowest BCUT2D eigenvalue weighted by molar-refractivity contribution is -0.146. The molecule has 0 saturated carbocycles. The van der Waals surface area contributed by atoms with E-state index in [1.807, 2.05) is 36.6 Å². The van der Waals surface area contributed by atoms with E-state index in [1.54, 1.807) is 19.2 Å². The second-order valence-electron chi connectivity index (χ2n) is 5.07. The Morgan fingerprint density at radius 2 is 2.00 bits per heavy atom. The van der Waals surface area contributed by atoms with Crippen LogP contribution in [-0.2, 0) is 20.8 Å². The van der Waals surface area contributed by atoms with Crippen LogP contribution >= 0.6 is 0 Å². The Labute approximate surface area is 135 Å². The Kier molecular flexibility index (Phi) is 5.51. The molecule has 0 saturated heterocycles. The Hall–Kier alpha value is -2.63. The predicted molar refractivity (Wildman–Crippen MR) is 84.2 cm³/mol. The van der Waals surface area contributed by atoms with Crippen LogP contribution in [0, 0.1) is 13.8 Å². The number of carbonyl (C=O) groups is 2. The molecule has 0 spiro atoms. The highest BCUT2D eigenvalue weighted by Crippen LogP contribution is 2.17. The van der Waals surface area contributed by atoms with E-state index in [9.17, 15) is 9.59 Å². The number of carbonyl (C=O) groups excluding carboxylic acids is 2. The van der Waals surface area contributed by atoms with Crippen molar-refractivity contribution in [2.75, 3.05) is 13.2 Å². The molecule has 0 N–H and O–H groups in total. The number of pyridine rings is 1. The maximum absolute atomic E-state index is 12.1. The summed E-state index contributed by atoms with van der Waals surface area (Å²) in [5, 5.41) is 0. The van der Waals surface area contributed by atoms with Crippen LogP contribution in [0.5, 0.6) is 0 Å². The Balaban J connectivity index is 2.10. The standard InChI is InChI=1S/C17H20N2O4/c1-4-22-16(20)11-23-17(21)15-9-12(2)19(13(15)3)10-14-7-5-6-8-18-14/h5-9H,4,10-11H2,1-3H3. The van der Waals surface area contributed by atoms with E-state index in [-0.39, 0.29) is 13.2 Å². The topological polar surface area (TPSA) is 70.4 Å². The smallest absolute Gasteiger partial charge is 0.344 e. The highest BCUT2D eigenvalue weighted by atomic mass is 16.6. The summed E-state index contributed by atoms with van der Waals surface area (Å²) < 4.78 is 11.7. The van der Waals surface area contributed by atoms with Gasteiger partial charge >= 0.3 is 11.9 Å². The second kappa shape index (κ2) is 7.58. The first kappa shape index (κ1) is 16.7. The fourth-order valence-corrected chi connectivity index (χ4v) is 2.31. The lowest BCUT2D eigenvalue weighted by atomic mass is 10.2. The van der Waals surface area contributed by atoms with Gasteiger partial charge in [-0.15, -0.1) is 0 Å². The number of hydrogen-bond acceptors (Lipinski definition) is 5. The van der Waals surface area contributed by atoms with E-state index < -0.39 is 11.9 Å². The molecule has 6 nitrogen and oxygen atoms in total. The summed E-state index contributed by atoms with van der Waals surface area (Å²) in [6.07, 6.45) is 1.73. The largest absolute Gasteiger partial charge is 0.463 e. The molecule has 0 fully saturated rings. The normalized spacial score (nSPS) is 10.4. The Morgan fingerprint density at radius 3 is 2.65 bits per heavy atom. The molecule has 2 rings (SSSR count). The molecule has 0 amide bonds. The molecular weight excluding hydrogens is 296 g/mol. The zero-order chi connectivity index (χ0) is 16.8. The highest BCUT2D eigenvalue weighted by Gasteiger charge is 2.18. The monoisotopic (exact) mass is 316 g/mol. The minimum absolute atomic E-state index is 0.259. The number of aromatic nitrogens is 2. The molecule has 23 heavy (non-hydrogen) atoms. The lowest BCUT2D eigenvalue weighted by Crippen LogP contribution is -2.17. The zero-order valence-electron chi connectivity index (χ0n) is 13.5. The van der Waals surface area contributed by atoms with E-state index >= 15 is 0 Å². The van der Waals surface area contributed by atoms with Crippen molar-refractivity contribution in [1.82, 2.24) is 9.55 Å². The summed E-state index contributed by atoms with van der Waals surface area (Å²) in [6.45, 7) is 5.91. The number of nitrogens with zero attached hydrogens (tertiary/aromatic N) is 2. The van der Waals surface area contributed by atoms with E-state index in [2.05, 4.69) is 4.98 Å². The molecule has 0 atom stereocenters. The van der Waals surface area contributed by atoms with Crippen LogP contribution in [0.15, 0.2) is 30.5 Å². The molecule has 0 aromatic carbocycles. The maximum atomic E-state index is 12.1. The van der Waals surface area contributed by atoms with Gasteiger partial charge in [0.15, 0.2) is 6.61 Å². The van der Waals surface area contributed by atoms with Crippen LogP contribution < -0.4 is 0 Å². The molecule has 122 valence electrons. The van der Waals surface area contributed by atoms with Crippen molar-refractivity contribution in [1.29, 1.82) is 0 Å². The zero-order valence-corrected chi connectivity index (χ0v) is 13.5. The van der Waals surface area contributed by atoms with Gasteiger partial charge in [0.2, 0.25) is 0 Å². The van der Waals surface area contributed by atoms with Crippen molar-refractivity contribution in [2.24, 2.45) is 0 Å². The third kappa shape index (κ3) is 4.18. The fourth-order valence-electron chi connectivity index (χ4n) is 2.31. The molecule has 0 unspecified atom stereocenters. The molecule has 6 heteroatoms. The average molecular weight is 316 g/mol.